The number of non-ortho nitro benzene ring substituents is 1. The van der Waals surface area contributed by atoms with Crippen LogP contribution in [0, 0.1) is 16.0 Å². The van der Waals surface area contributed by atoms with Crippen molar-refractivity contribution in [3.8, 4) is 11.1 Å². The second-order valence-electron chi connectivity index (χ2n) is 12.9. The highest BCUT2D eigenvalue weighted by atomic mass is 16.7. The molecule has 11 heteroatoms. The van der Waals surface area contributed by atoms with Gasteiger partial charge in [-0.05, 0) is 52.9 Å². The van der Waals surface area contributed by atoms with E-state index in [0.717, 1.165) is 71.8 Å². The lowest BCUT2D eigenvalue weighted by atomic mass is 9.89. The predicted octanol–water partition coefficient (Wildman–Crippen LogP) is 6.19. The zero-order chi connectivity index (χ0) is 35.0. The molecular formula is C39H45N5O6. The molecule has 2 saturated heterocycles. The molecule has 2 aliphatic heterocycles. The minimum atomic E-state index is -0.568. The monoisotopic (exact) mass is 679 g/mol. The lowest BCUT2D eigenvalue weighted by molar-refractivity contribution is -0.384. The van der Waals surface area contributed by atoms with E-state index in [9.17, 15) is 20.0 Å². The van der Waals surface area contributed by atoms with E-state index in [1.54, 1.807) is 12.1 Å². The van der Waals surface area contributed by atoms with Crippen LogP contribution in [0.1, 0.15) is 48.5 Å². The van der Waals surface area contributed by atoms with Gasteiger partial charge in [-0.2, -0.15) is 0 Å². The molecule has 4 aromatic rings. The largest absolute Gasteiger partial charge is 0.392 e. The number of carbonyl (C=O) groups excluding carboxylic acids is 1. The summed E-state index contributed by atoms with van der Waals surface area (Å²) in [5.74, 6) is 0.0639. The zero-order valence-electron chi connectivity index (χ0n) is 28.5. The van der Waals surface area contributed by atoms with Gasteiger partial charge in [0, 0.05) is 75.1 Å². The molecule has 2 amide bonds. The van der Waals surface area contributed by atoms with Crippen molar-refractivity contribution in [3.63, 3.8) is 0 Å². The first-order chi connectivity index (χ1) is 24.3. The molecule has 0 unspecified atom stereocenters. The van der Waals surface area contributed by atoms with E-state index in [2.05, 4.69) is 63.8 Å². The molecule has 262 valence electrons. The number of nitrogens with one attached hydrogen (secondary N) is 2. The summed E-state index contributed by atoms with van der Waals surface area (Å²) < 4.78 is 13.4. The summed E-state index contributed by atoms with van der Waals surface area (Å²) in [6.07, 6.45) is -0.876. The third-order valence-corrected chi connectivity index (χ3v) is 9.59. The summed E-state index contributed by atoms with van der Waals surface area (Å²) in [4.78, 5) is 27.3. The summed E-state index contributed by atoms with van der Waals surface area (Å²) in [6.45, 7) is 9.13. The summed E-state index contributed by atoms with van der Waals surface area (Å²) >= 11 is 0. The van der Waals surface area contributed by atoms with E-state index in [-0.39, 0.29) is 41.4 Å². The SMILES string of the molecule is CCNC(=O)NCc1cccc(-c2ccc([C@@H]3O[C@H](CN4CCN(c5ccc([N+](=O)[O-])cc5)CC4)[C@H](C)[C@H](c4ccc(CO)cc4)O3)cc2)c1. The van der Waals surface area contributed by atoms with Gasteiger partial charge in [0.2, 0.25) is 0 Å². The minimum absolute atomic E-state index is 0.0124. The van der Waals surface area contributed by atoms with Crippen molar-refractivity contribution in [1.82, 2.24) is 15.5 Å². The van der Waals surface area contributed by atoms with Crippen LogP contribution in [0.15, 0.2) is 97.1 Å². The average Bonchev–Trinajstić information content (AvgIpc) is 3.15. The molecule has 0 saturated carbocycles. The van der Waals surface area contributed by atoms with E-state index in [1.807, 2.05) is 55.5 Å². The van der Waals surface area contributed by atoms with Crippen molar-refractivity contribution in [2.24, 2.45) is 5.92 Å². The Hall–Kier alpha value is -4.81. The molecule has 0 aliphatic carbocycles. The molecule has 2 fully saturated rings. The topological polar surface area (TPSA) is 129 Å². The van der Waals surface area contributed by atoms with Crippen LogP contribution in [0.4, 0.5) is 16.2 Å². The highest BCUT2D eigenvalue weighted by Crippen LogP contribution is 2.42. The van der Waals surface area contributed by atoms with Gasteiger partial charge in [0.1, 0.15) is 0 Å². The van der Waals surface area contributed by atoms with E-state index >= 15 is 0 Å². The molecule has 4 aromatic carbocycles. The number of hydrogen-bond acceptors (Lipinski definition) is 8. The van der Waals surface area contributed by atoms with Crippen molar-refractivity contribution < 1.29 is 24.3 Å². The van der Waals surface area contributed by atoms with E-state index in [0.29, 0.717) is 13.1 Å². The first-order valence-electron chi connectivity index (χ1n) is 17.2. The lowest BCUT2D eigenvalue weighted by Crippen LogP contribution is -2.51. The number of nitro groups is 1. The van der Waals surface area contributed by atoms with Crippen LogP contribution in [-0.2, 0) is 22.6 Å². The first kappa shape index (κ1) is 35.0. The van der Waals surface area contributed by atoms with Crippen molar-refractivity contribution >= 4 is 17.4 Å². The third-order valence-electron chi connectivity index (χ3n) is 9.59. The maximum Gasteiger partial charge on any atom is 0.315 e. The highest BCUT2D eigenvalue weighted by molar-refractivity contribution is 5.74. The number of nitrogens with zero attached hydrogens (tertiary/aromatic N) is 3. The smallest absolute Gasteiger partial charge is 0.315 e. The van der Waals surface area contributed by atoms with Gasteiger partial charge in [-0.15, -0.1) is 0 Å². The Balaban J connectivity index is 1.15. The molecule has 3 N–H and O–H groups in total. The fraction of sp³-hybridized carbons (Fsp3) is 0.359. The molecule has 4 atom stereocenters. The standard InChI is InChI=1S/C39H45N5O6/c1-3-40-39(46)41-24-29-5-4-6-33(23-29)30-11-13-32(14-12-30)38-49-36(27(2)37(50-38)31-9-7-28(26-45)8-10-31)25-42-19-21-43(22-20-42)34-15-17-35(18-16-34)44(47)48/h4-18,23,27,36-38,45H,3,19-22,24-26H2,1-2H3,(H2,40,41,46)/t27-,36+,37+,38+/m0/s1. The number of anilines is 1. The maximum atomic E-state index is 11.9. The molecule has 0 aromatic heterocycles. The molecule has 2 heterocycles. The van der Waals surface area contributed by atoms with Crippen LogP contribution in [0.3, 0.4) is 0 Å². The number of ether oxygens (including phenoxy) is 2. The van der Waals surface area contributed by atoms with Gasteiger partial charge >= 0.3 is 6.03 Å². The van der Waals surface area contributed by atoms with Gasteiger partial charge in [-0.3, -0.25) is 15.0 Å². The number of benzene rings is 4. The van der Waals surface area contributed by atoms with Crippen LogP contribution in [0.25, 0.3) is 11.1 Å². The van der Waals surface area contributed by atoms with Gasteiger partial charge < -0.3 is 30.1 Å². The summed E-state index contributed by atoms with van der Waals surface area (Å²) in [7, 11) is 0. The Morgan fingerprint density at radius 2 is 1.56 bits per heavy atom. The Kier molecular flexibility index (Phi) is 11.4. The number of aliphatic hydroxyl groups is 1. The summed E-state index contributed by atoms with van der Waals surface area (Å²) in [6, 6.07) is 30.9. The number of rotatable bonds is 11. The van der Waals surface area contributed by atoms with Gasteiger partial charge in [0.05, 0.1) is 23.7 Å². The number of amides is 2. The molecular weight excluding hydrogens is 634 g/mol. The molecule has 0 radical (unpaired) electrons. The summed E-state index contributed by atoms with van der Waals surface area (Å²) in [5, 5.41) is 26.3. The van der Waals surface area contributed by atoms with Crippen LogP contribution in [-0.4, -0.2) is 66.3 Å². The Morgan fingerprint density at radius 3 is 2.22 bits per heavy atom. The molecule has 11 nitrogen and oxygen atoms in total. The van der Waals surface area contributed by atoms with Crippen LogP contribution in [0.2, 0.25) is 0 Å². The van der Waals surface area contributed by atoms with Gasteiger partial charge in [0.15, 0.2) is 6.29 Å². The zero-order valence-corrected chi connectivity index (χ0v) is 28.5. The average molecular weight is 680 g/mol. The Morgan fingerprint density at radius 1 is 0.860 bits per heavy atom. The molecule has 2 aliphatic rings. The molecule has 50 heavy (non-hydrogen) atoms. The second kappa shape index (κ2) is 16.3. The second-order valence-corrected chi connectivity index (χ2v) is 12.9. The number of nitro benzene ring substituents is 1. The van der Waals surface area contributed by atoms with E-state index < -0.39 is 6.29 Å². The predicted molar refractivity (Wildman–Crippen MR) is 193 cm³/mol. The minimum Gasteiger partial charge on any atom is -0.392 e. The van der Waals surface area contributed by atoms with Gasteiger partial charge in [0.25, 0.3) is 5.69 Å². The van der Waals surface area contributed by atoms with Crippen molar-refractivity contribution in [2.75, 3.05) is 44.2 Å². The number of aliphatic hydroxyl groups excluding tert-OH is 1. The maximum absolute atomic E-state index is 11.9. The van der Waals surface area contributed by atoms with Crippen molar-refractivity contribution in [2.45, 2.75) is 45.5 Å². The van der Waals surface area contributed by atoms with Crippen molar-refractivity contribution in [3.05, 3.63) is 129 Å². The molecule has 0 spiro atoms. The number of carbonyl (C=O) groups is 1. The van der Waals surface area contributed by atoms with Crippen LogP contribution < -0.4 is 15.5 Å². The number of hydrogen-bond donors (Lipinski definition) is 3. The number of urea groups is 1. The van der Waals surface area contributed by atoms with E-state index in [4.69, 9.17) is 9.47 Å². The quantitative estimate of drug-likeness (QED) is 0.127. The van der Waals surface area contributed by atoms with Gasteiger partial charge in [-0.1, -0.05) is 73.7 Å². The fourth-order valence-electron chi connectivity index (χ4n) is 6.66. The third kappa shape index (κ3) is 8.48. The highest BCUT2D eigenvalue weighted by Gasteiger charge is 2.39. The lowest BCUT2D eigenvalue weighted by Gasteiger charge is -2.44. The van der Waals surface area contributed by atoms with Gasteiger partial charge in [-0.25, -0.2) is 4.79 Å². The molecule has 6 rings (SSSR count). The fourth-order valence-corrected chi connectivity index (χ4v) is 6.66. The van der Waals surface area contributed by atoms with Crippen molar-refractivity contribution in [1.29, 1.82) is 0 Å². The van der Waals surface area contributed by atoms with Crippen LogP contribution in [0.5, 0.6) is 0 Å². The Labute approximate surface area is 293 Å². The summed E-state index contributed by atoms with van der Waals surface area (Å²) in [5.41, 5.74) is 7.03. The normalized spacial score (nSPS) is 21.1. The van der Waals surface area contributed by atoms with Crippen LogP contribution >= 0.6 is 0 Å². The number of piperazine rings is 1. The molecule has 0 bridgehead atoms. The first-order valence-corrected chi connectivity index (χ1v) is 17.2. The Bertz CT molecular complexity index is 1730. The van der Waals surface area contributed by atoms with E-state index in [1.165, 1.54) is 0 Å².